The number of fused-ring (bicyclic) bond motifs is 1. The van der Waals surface area contributed by atoms with E-state index < -0.39 is 0 Å². The molecule has 0 radical (unpaired) electrons. The lowest BCUT2D eigenvalue weighted by molar-refractivity contribution is -0.0000595. The van der Waals surface area contributed by atoms with Gasteiger partial charge in [0, 0.05) is 50.9 Å². The van der Waals surface area contributed by atoms with Crippen molar-refractivity contribution in [3.05, 3.63) is 23.8 Å². The van der Waals surface area contributed by atoms with Crippen molar-refractivity contribution in [2.24, 2.45) is 0 Å². The Hall–Kier alpha value is -1.34. The first-order valence-corrected chi connectivity index (χ1v) is 11.4. The standard InChI is InChI=1S/C23H37N3O3/c1-18(2)25-8-5-20(6-9-25)26-11-10-24(17-21(26)7-12-27)16-19-3-4-22-23(15-19)29-14-13-28-22/h3-4,15,18,20-21,27H,5-14,16-17H2,1-2H3/t21-/m0/s1. The van der Waals surface area contributed by atoms with Gasteiger partial charge < -0.3 is 19.5 Å². The number of rotatable bonds is 6. The molecule has 0 saturated carbocycles. The summed E-state index contributed by atoms with van der Waals surface area (Å²) in [5.74, 6) is 1.73. The van der Waals surface area contributed by atoms with Crippen LogP contribution in [0.4, 0.5) is 0 Å². The Balaban J connectivity index is 1.35. The molecule has 1 aromatic rings. The van der Waals surface area contributed by atoms with Crippen molar-refractivity contribution < 1.29 is 14.6 Å². The fourth-order valence-electron chi connectivity index (χ4n) is 5.14. The first-order chi connectivity index (χ1) is 14.1. The summed E-state index contributed by atoms with van der Waals surface area (Å²) in [5, 5.41) is 9.67. The monoisotopic (exact) mass is 403 g/mol. The van der Waals surface area contributed by atoms with Gasteiger partial charge in [-0.25, -0.2) is 0 Å². The van der Waals surface area contributed by atoms with Crippen LogP contribution in [0.2, 0.25) is 0 Å². The van der Waals surface area contributed by atoms with E-state index in [1.807, 2.05) is 6.07 Å². The second kappa shape index (κ2) is 9.65. The predicted molar refractivity (Wildman–Crippen MR) is 115 cm³/mol. The first kappa shape index (κ1) is 20.9. The van der Waals surface area contributed by atoms with E-state index in [9.17, 15) is 5.11 Å². The quantitative estimate of drug-likeness (QED) is 0.786. The fraction of sp³-hybridized carbons (Fsp3) is 0.739. The Bertz CT molecular complexity index is 661. The molecule has 162 valence electrons. The van der Waals surface area contributed by atoms with Crippen molar-refractivity contribution in [1.29, 1.82) is 0 Å². The molecule has 6 heteroatoms. The number of likely N-dealkylation sites (tertiary alicyclic amines) is 1. The van der Waals surface area contributed by atoms with E-state index in [-0.39, 0.29) is 6.61 Å². The highest BCUT2D eigenvalue weighted by Gasteiger charge is 2.33. The maximum Gasteiger partial charge on any atom is 0.161 e. The van der Waals surface area contributed by atoms with Crippen molar-refractivity contribution in [3.63, 3.8) is 0 Å². The van der Waals surface area contributed by atoms with Crippen LogP contribution in [0.3, 0.4) is 0 Å². The Kier molecular flexibility index (Phi) is 6.96. The van der Waals surface area contributed by atoms with E-state index in [1.54, 1.807) is 0 Å². The summed E-state index contributed by atoms with van der Waals surface area (Å²) in [6.07, 6.45) is 3.37. The first-order valence-electron chi connectivity index (χ1n) is 11.4. The third kappa shape index (κ3) is 5.05. The minimum absolute atomic E-state index is 0.268. The minimum Gasteiger partial charge on any atom is -0.486 e. The zero-order valence-corrected chi connectivity index (χ0v) is 18.1. The molecule has 6 nitrogen and oxygen atoms in total. The minimum atomic E-state index is 0.268. The third-order valence-electron chi connectivity index (χ3n) is 6.79. The lowest BCUT2D eigenvalue weighted by Gasteiger charge is -2.48. The van der Waals surface area contributed by atoms with E-state index in [2.05, 4.69) is 40.7 Å². The van der Waals surface area contributed by atoms with Gasteiger partial charge in [-0.15, -0.1) is 0 Å². The Labute approximate surface area is 175 Å². The summed E-state index contributed by atoms with van der Waals surface area (Å²) in [5.41, 5.74) is 1.27. The molecule has 3 aliphatic rings. The van der Waals surface area contributed by atoms with Crippen LogP contribution in [0, 0.1) is 0 Å². The van der Waals surface area contributed by atoms with Gasteiger partial charge in [-0.05, 0) is 63.9 Å². The highest BCUT2D eigenvalue weighted by Crippen LogP contribution is 2.31. The summed E-state index contributed by atoms with van der Waals surface area (Å²) in [7, 11) is 0. The van der Waals surface area contributed by atoms with Crippen LogP contribution in [-0.2, 0) is 6.54 Å². The molecule has 2 fully saturated rings. The number of aliphatic hydroxyl groups is 1. The summed E-state index contributed by atoms with van der Waals surface area (Å²) in [6, 6.07) is 8.08. The number of piperidine rings is 1. The highest BCUT2D eigenvalue weighted by atomic mass is 16.6. The van der Waals surface area contributed by atoms with E-state index in [0.717, 1.165) is 44.1 Å². The Morgan fingerprint density at radius 3 is 2.52 bits per heavy atom. The number of piperazine rings is 1. The molecule has 0 bridgehead atoms. The van der Waals surface area contributed by atoms with Gasteiger partial charge in [0.15, 0.2) is 11.5 Å². The second-order valence-electron chi connectivity index (χ2n) is 8.98. The van der Waals surface area contributed by atoms with E-state index >= 15 is 0 Å². The van der Waals surface area contributed by atoms with Crippen molar-refractivity contribution in [3.8, 4) is 11.5 Å². The van der Waals surface area contributed by atoms with Crippen LogP contribution in [0.1, 0.15) is 38.7 Å². The molecule has 0 spiro atoms. The molecule has 0 unspecified atom stereocenters. The molecule has 0 amide bonds. The van der Waals surface area contributed by atoms with Crippen LogP contribution < -0.4 is 9.47 Å². The molecular formula is C23H37N3O3. The van der Waals surface area contributed by atoms with Crippen molar-refractivity contribution in [1.82, 2.24) is 14.7 Å². The molecule has 29 heavy (non-hydrogen) atoms. The van der Waals surface area contributed by atoms with Gasteiger partial charge in [0.25, 0.3) is 0 Å². The van der Waals surface area contributed by atoms with E-state index in [4.69, 9.17) is 9.47 Å². The number of aliphatic hydroxyl groups excluding tert-OH is 1. The molecule has 1 atom stereocenters. The maximum absolute atomic E-state index is 9.67. The maximum atomic E-state index is 9.67. The molecule has 2 saturated heterocycles. The summed E-state index contributed by atoms with van der Waals surface area (Å²) in [6.45, 7) is 12.7. The third-order valence-corrected chi connectivity index (χ3v) is 6.79. The Morgan fingerprint density at radius 2 is 1.79 bits per heavy atom. The number of hydrogen-bond donors (Lipinski definition) is 1. The van der Waals surface area contributed by atoms with Crippen LogP contribution in [0.15, 0.2) is 18.2 Å². The van der Waals surface area contributed by atoms with Gasteiger partial charge in [-0.2, -0.15) is 0 Å². The lowest BCUT2D eigenvalue weighted by Crippen LogP contribution is -2.58. The molecule has 1 N–H and O–H groups in total. The molecule has 0 aromatic heterocycles. The molecule has 3 aliphatic heterocycles. The number of hydrogen-bond acceptors (Lipinski definition) is 6. The topological polar surface area (TPSA) is 48.4 Å². The van der Waals surface area contributed by atoms with Crippen molar-refractivity contribution >= 4 is 0 Å². The SMILES string of the molecule is CC(C)N1CCC(N2CCN(Cc3ccc4c(c3)OCCO4)C[C@@H]2CCO)CC1. The van der Waals surface area contributed by atoms with Gasteiger partial charge >= 0.3 is 0 Å². The average molecular weight is 404 g/mol. The zero-order valence-electron chi connectivity index (χ0n) is 18.1. The van der Waals surface area contributed by atoms with E-state index in [1.165, 1.54) is 31.5 Å². The largest absolute Gasteiger partial charge is 0.486 e. The fourth-order valence-corrected chi connectivity index (χ4v) is 5.14. The van der Waals surface area contributed by atoms with Crippen LogP contribution in [0.5, 0.6) is 11.5 Å². The number of ether oxygens (including phenoxy) is 2. The second-order valence-corrected chi connectivity index (χ2v) is 8.98. The molecule has 3 heterocycles. The number of benzene rings is 1. The summed E-state index contributed by atoms with van der Waals surface area (Å²) >= 11 is 0. The Morgan fingerprint density at radius 1 is 1.03 bits per heavy atom. The van der Waals surface area contributed by atoms with Crippen molar-refractivity contribution in [2.75, 3.05) is 52.5 Å². The van der Waals surface area contributed by atoms with Gasteiger partial charge in [0.1, 0.15) is 13.2 Å². The highest BCUT2D eigenvalue weighted by molar-refractivity contribution is 5.43. The van der Waals surface area contributed by atoms with Gasteiger partial charge in [-0.3, -0.25) is 9.80 Å². The smallest absolute Gasteiger partial charge is 0.161 e. The van der Waals surface area contributed by atoms with E-state index in [0.29, 0.717) is 31.3 Å². The molecule has 4 rings (SSSR count). The van der Waals surface area contributed by atoms with Crippen LogP contribution in [-0.4, -0.2) is 90.5 Å². The van der Waals surface area contributed by atoms with Gasteiger partial charge in [0.2, 0.25) is 0 Å². The number of nitrogens with zero attached hydrogens (tertiary/aromatic N) is 3. The lowest BCUT2D eigenvalue weighted by atomic mass is 9.97. The normalized spacial score (nSPS) is 24.9. The summed E-state index contributed by atoms with van der Waals surface area (Å²) in [4.78, 5) is 7.83. The predicted octanol–water partition coefficient (Wildman–Crippen LogP) is 2.20. The zero-order chi connectivity index (χ0) is 20.2. The van der Waals surface area contributed by atoms with Crippen LogP contribution in [0.25, 0.3) is 0 Å². The van der Waals surface area contributed by atoms with Gasteiger partial charge in [-0.1, -0.05) is 6.07 Å². The van der Waals surface area contributed by atoms with Crippen molar-refractivity contribution in [2.45, 2.75) is 57.8 Å². The molecular weight excluding hydrogens is 366 g/mol. The van der Waals surface area contributed by atoms with Gasteiger partial charge in [0.05, 0.1) is 0 Å². The molecule has 0 aliphatic carbocycles. The van der Waals surface area contributed by atoms with Crippen LogP contribution >= 0.6 is 0 Å². The molecule has 1 aromatic carbocycles. The summed E-state index contributed by atoms with van der Waals surface area (Å²) < 4.78 is 11.4. The average Bonchev–Trinajstić information content (AvgIpc) is 2.74.